The molecule has 26 heavy (non-hydrogen) atoms. The van der Waals surface area contributed by atoms with Crippen LogP contribution in [0.4, 0.5) is 5.69 Å². The van der Waals surface area contributed by atoms with Crippen molar-refractivity contribution in [2.45, 2.75) is 37.5 Å². The molecule has 0 atom stereocenters. The lowest BCUT2D eigenvalue weighted by atomic mass is 9.87. The van der Waals surface area contributed by atoms with Gasteiger partial charge in [-0.15, -0.1) is 0 Å². The first-order valence-corrected chi connectivity index (χ1v) is 10.2. The molecule has 5 nitrogen and oxygen atoms in total. The summed E-state index contributed by atoms with van der Waals surface area (Å²) in [5.74, 6) is -0.0339. The van der Waals surface area contributed by atoms with Gasteiger partial charge in [-0.05, 0) is 35.7 Å². The van der Waals surface area contributed by atoms with E-state index in [-0.39, 0.29) is 16.2 Å². The van der Waals surface area contributed by atoms with Gasteiger partial charge in [0.2, 0.25) is 15.9 Å². The zero-order valence-corrected chi connectivity index (χ0v) is 16.1. The quantitative estimate of drug-likeness (QED) is 0.878. The van der Waals surface area contributed by atoms with Crippen molar-refractivity contribution >= 4 is 21.6 Å². The molecule has 0 radical (unpaired) electrons. The minimum absolute atomic E-state index is 0.0339. The van der Waals surface area contributed by atoms with Crippen LogP contribution in [-0.2, 0) is 26.7 Å². The van der Waals surface area contributed by atoms with Gasteiger partial charge in [0.1, 0.15) is 0 Å². The fourth-order valence-corrected chi connectivity index (χ4v) is 4.42. The first-order valence-electron chi connectivity index (χ1n) is 8.67. The van der Waals surface area contributed by atoms with Crippen molar-refractivity contribution < 1.29 is 13.2 Å². The molecule has 0 saturated carbocycles. The Balaban J connectivity index is 1.80. The summed E-state index contributed by atoms with van der Waals surface area (Å²) in [6, 6.07) is 14.8. The van der Waals surface area contributed by atoms with Gasteiger partial charge in [-0.2, -0.15) is 0 Å². The number of hydrogen-bond donors (Lipinski definition) is 1. The molecule has 138 valence electrons. The molecule has 0 saturated heterocycles. The SMILES string of the molecule is CC(=O)N1CC(C)(C)c2cc(S(=O)(=O)NCCc3ccccc3)ccc21. The predicted octanol–water partition coefficient (Wildman–Crippen LogP) is 2.85. The van der Waals surface area contributed by atoms with E-state index in [9.17, 15) is 13.2 Å². The summed E-state index contributed by atoms with van der Waals surface area (Å²) in [6.45, 7) is 6.47. The molecular formula is C20H24N2O3S. The molecule has 2 aromatic rings. The summed E-state index contributed by atoms with van der Waals surface area (Å²) in [4.78, 5) is 13.8. The van der Waals surface area contributed by atoms with Gasteiger partial charge in [0, 0.05) is 31.1 Å². The van der Waals surface area contributed by atoms with E-state index >= 15 is 0 Å². The number of fused-ring (bicyclic) bond motifs is 1. The highest BCUT2D eigenvalue weighted by Gasteiger charge is 2.37. The minimum Gasteiger partial charge on any atom is -0.311 e. The maximum absolute atomic E-state index is 12.7. The normalized spacial score (nSPS) is 15.7. The lowest BCUT2D eigenvalue weighted by Gasteiger charge is -2.19. The van der Waals surface area contributed by atoms with E-state index in [4.69, 9.17) is 0 Å². The highest BCUT2D eigenvalue weighted by molar-refractivity contribution is 7.89. The maximum Gasteiger partial charge on any atom is 0.240 e. The van der Waals surface area contributed by atoms with Crippen LogP contribution in [0.25, 0.3) is 0 Å². The minimum atomic E-state index is -3.59. The molecule has 0 bridgehead atoms. The Kier molecular flexibility index (Phi) is 4.90. The third kappa shape index (κ3) is 3.66. The monoisotopic (exact) mass is 372 g/mol. The molecule has 1 N–H and O–H groups in total. The molecule has 1 aliphatic rings. The van der Waals surface area contributed by atoms with Gasteiger partial charge >= 0.3 is 0 Å². The van der Waals surface area contributed by atoms with Crippen LogP contribution in [0, 0.1) is 0 Å². The van der Waals surface area contributed by atoms with E-state index < -0.39 is 10.0 Å². The summed E-state index contributed by atoms with van der Waals surface area (Å²) < 4.78 is 28.0. The Labute approximate surface area is 155 Å². The van der Waals surface area contributed by atoms with Crippen LogP contribution >= 0.6 is 0 Å². The van der Waals surface area contributed by atoms with E-state index in [1.165, 1.54) is 6.92 Å². The van der Waals surface area contributed by atoms with Crippen molar-refractivity contribution in [2.24, 2.45) is 0 Å². The molecule has 1 heterocycles. The second-order valence-corrected chi connectivity index (χ2v) is 9.07. The van der Waals surface area contributed by atoms with Crippen LogP contribution in [0.5, 0.6) is 0 Å². The molecule has 2 aromatic carbocycles. The Morgan fingerprint density at radius 3 is 2.50 bits per heavy atom. The number of sulfonamides is 1. The van der Waals surface area contributed by atoms with Crippen molar-refractivity contribution in [3.8, 4) is 0 Å². The van der Waals surface area contributed by atoms with Crippen LogP contribution in [0.2, 0.25) is 0 Å². The van der Waals surface area contributed by atoms with Gasteiger partial charge in [-0.25, -0.2) is 13.1 Å². The molecule has 0 aromatic heterocycles. The zero-order valence-electron chi connectivity index (χ0n) is 15.3. The van der Waals surface area contributed by atoms with Crippen molar-refractivity contribution in [3.63, 3.8) is 0 Å². The first-order chi connectivity index (χ1) is 12.2. The van der Waals surface area contributed by atoms with Crippen LogP contribution in [0.3, 0.4) is 0 Å². The van der Waals surface area contributed by atoms with E-state index in [1.807, 2.05) is 44.2 Å². The Hall–Kier alpha value is -2.18. The summed E-state index contributed by atoms with van der Waals surface area (Å²) >= 11 is 0. The number of carbonyl (C=O) groups excluding carboxylic acids is 1. The summed E-state index contributed by atoms with van der Waals surface area (Å²) in [6.07, 6.45) is 0.634. The van der Waals surface area contributed by atoms with Gasteiger partial charge in [-0.3, -0.25) is 4.79 Å². The Bertz CT molecular complexity index is 921. The van der Waals surface area contributed by atoms with Crippen molar-refractivity contribution in [1.29, 1.82) is 0 Å². The van der Waals surface area contributed by atoms with Gasteiger partial charge in [0.05, 0.1) is 4.90 Å². The number of benzene rings is 2. The van der Waals surface area contributed by atoms with Crippen molar-refractivity contribution in [3.05, 3.63) is 59.7 Å². The van der Waals surface area contributed by atoms with Crippen LogP contribution in [-0.4, -0.2) is 27.4 Å². The fraction of sp³-hybridized carbons (Fsp3) is 0.350. The van der Waals surface area contributed by atoms with Gasteiger partial charge in [-0.1, -0.05) is 44.2 Å². The van der Waals surface area contributed by atoms with Crippen LogP contribution < -0.4 is 9.62 Å². The number of nitrogens with one attached hydrogen (secondary N) is 1. The average Bonchev–Trinajstić information content (AvgIpc) is 2.87. The molecule has 0 unspecified atom stereocenters. The van der Waals surface area contributed by atoms with Crippen molar-refractivity contribution in [1.82, 2.24) is 4.72 Å². The number of anilines is 1. The summed E-state index contributed by atoms with van der Waals surface area (Å²) in [5.41, 5.74) is 2.49. The lowest BCUT2D eigenvalue weighted by molar-refractivity contribution is -0.116. The molecule has 3 rings (SSSR count). The van der Waals surface area contributed by atoms with Crippen LogP contribution in [0.15, 0.2) is 53.4 Å². The lowest BCUT2D eigenvalue weighted by Crippen LogP contribution is -2.31. The number of hydrogen-bond acceptors (Lipinski definition) is 3. The second kappa shape index (κ2) is 6.85. The molecule has 1 aliphatic heterocycles. The van der Waals surface area contributed by atoms with Crippen molar-refractivity contribution in [2.75, 3.05) is 18.0 Å². The number of amides is 1. The first kappa shape index (κ1) is 18.6. The topological polar surface area (TPSA) is 66.5 Å². The third-order valence-electron chi connectivity index (χ3n) is 4.78. The van der Waals surface area contributed by atoms with Gasteiger partial charge < -0.3 is 4.90 Å². The van der Waals surface area contributed by atoms with Gasteiger partial charge in [0.25, 0.3) is 0 Å². The largest absolute Gasteiger partial charge is 0.311 e. The van der Waals surface area contributed by atoms with E-state index in [0.29, 0.717) is 19.5 Å². The standard InChI is InChI=1S/C20H24N2O3S/c1-15(23)22-14-20(2,3)18-13-17(9-10-19(18)22)26(24,25)21-12-11-16-7-5-4-6-8-16/h4-10,13,21H,11-12,14H2,1-3H3. The van der Waals surface area contributed by atoms with E-state index in [1.54, 1.807) is 23.1 Å². The second-order valence-electron chi connectivity index (χ2n) is 7.30. The molecule has 0 fully saturated rings. The highest BCUT2D eigenvalue weighted by Crippen LogP contribution is 2.41. The molecule has 0 aliphatic carbocycles. The fourth-order valence-electron chi connectivity index (χ4n) is 3.36. The summed E-state index contributed by atoms with van der Waals surface area (Å²) in [5, 5.41) is 0. The smallest absolute Gasteiger partial charge is 0.240 e. The Morgan fingerprint density at radius 1 is 1.15 bits per heavy atom. The third-order valence-corrected chi connectivity index (χ3v) is 6.24. The average molecular weight is 372 g/mol. The molecule has 0 spiro atoms. The van der Waals surface area contributed by atoms with Crippen LogP contribution in [0.1, 0.15) is 31.9 Å². The maximum atomic E-state index is 12.7. The Morgan fingerprint density at radius 2 is 1.85 bits per heavy atom. The summed E-state index contributed by atoms with van der Waals surface area (Å²) in [7, 11) is -3.59. The highest BCUT2D eigenvalue weighted by atomic mass is 32.2. The molecule has 1 amide bonds. The van der Waals surface area contributed by atoms with E-state index in [0.717, 1.165) is 16.8 Å². The molecule has 6 heteroatoms. The zero-order chi connectivity index (χ0) is 18.9. The molecular weight excluding hydrogens is 348 g/mol. The predicted molar refractivity (Wildman–Crippen MR) is 103 cm³/mol. The van der Waals surface area contributed by atoms with Gasteiger partial charge in [0.15, 0.2) is 0 Å². The number of rotatable bonds is 5. The van der Waals surface area contributed by atoms with E-state index in [2.05, 4.69) is 4.72 Å². The number of nitrogens with zero attached hydrogens (tertiary/aromatic N) is 1. The number of carbonyl (C=O) groups is 1.